The maximum absolute atomic E-state index is 5.60. The highest BCUT2D eigenvalue weighted by Gasteiger charge is 2.14. The van der Waals surface area contributed by atoms with Gasteiger partial charge in [-0.25, -0.2) is 0 Å². The number of nitrogens with two attached hydrogens (primary N) is 1. The molecule has 0 bridgehead atoms. The van der Waals surface area contributed by atoms with Crippen LogP contribution in [0.1, 0.15) is 39.0 Å². The highest BCUT2D eigenvalue weighted by atomic mass is 15.3. The number of aromatic nitrogens is 2. The highest BCUT2D eigenvalue weighted by molar-refractivity contribution is 5.23. The molecule has 1 aromatic rings. The van der Waals surface area contributed by atoms with Crippen LogP contribution >= 0.6 is 0 Å². The third-order valence-corrected chi connectivity index (χ3v) is 4.04. The fraction of sp³-hybridized carbons (Fsp3) is 0.786. The monoisotopic (exact) mass is 250 g/mol. The summed E-state index contributed by atoms with van der Waals surface area (Å²) in [5.41, 5.74) is 5.60. The topological polar surface area (TPSA) is 47.1 Å². The molecule has 2 N–H and O–H groups in total. The second kappa shape index (κ2) is 6.78. The second-order valence-electron chi connectivity index (χ2n) is 5.40. The predicted octanol–water partition coefficient (Wildman–Crippen LogP) is 2.37. The van der Waals surface area contributed by atoms with E-state index in [0.717, 1.165) is 18.9 Å². The molecule has 1 aromatic heterocycles. The number of hydrogen-bond acceptors (Lipinski definition) is 3. The van der Waals surface area contributed by atoms with Gasteiger partial charge in [0.2, 0.25) is 0 Å². The predicted molar refractivity (Wildman–Crippen MR) is 75.3 cm³/mol. The SMILES string of the molecule is CCC1CCCN(CCCn2ccc(N)n2)CC1. The first-order valence-corrected chi connectivity index (χ1v) is 7.29. The van der Waals surface area contributed by atoms with E-state index in [1.54, 1.807) is 0 Å². The molecule has 2 rings (SSSR count). The Morgan fingerprint density at radius 1 is 1.33 bits per heavy atom. The van der Waals surface area contributed by atoms with Crippen LogP contribution < -0.4 is 5.73 Å². The van der Waals surface area contributed by atoms with E-state index in [1.807, 2.05) is 16.9 Å². The van der Waals surface area contributed by atoms with Crippen LogP contribution in [0.3, 0.4) is 0 Å². The lowest BCUT2D eigenvalue weighted by molar-refractivity contribution is 0.269. The van der Waals surface area contributed by atoms with Gasteiger partial charge in [-0.3, -0.25) is 4.68 Å². The van der Waals surface area contributed by atoms with Crippen LogP contribution in [0.15, 0.2) is 12.3 Å². The van der Waals surface area contributed by atoms with Crippen LogP contribution in [-0.4, -0.2) is 34.3 Å². The number of nitrogens with zero attached hydrogens (tertiary/aromatic N) is 3. The second-order valence-corrected chi connectivity index (χ2v) is 5.40. The zero-order chi connectivity index (χ0) is 12.8. The number of anilines is 1. The van der Waals surface area contributed by atoms with Crippen molar-refractivity contribution < 1.29 is 0 Å². The smallest absolute Gasteiger partial charge is 0.145 e. The summed E-state index contributed by atoms with van der Waals surface area (Å²) in [6.07, 6.45) is 8.64. The van der Waals surface area contributed by atoms with E-state index in [4.69, 9.17) is 5.73 Å². The van der Waals surface area contributed by atoms with Crippen molar-refractivity contribution >= 4 is 5.82 Å². The van der Waals surface area contributed by atoms with E-state index in [-0.39, 0.29) is 0 Å². The van der Waals surface area contributed by atoms with Gasteiger partial charge in [-0.2, -0.15) is 5.10 Å². The highest BCUT2D eigenvalue weighted by Crippen LogP contribution is 2.20. The first-order valence-electron chi connectivity index (χ1n) is 7.29. The molecule has 4 heteroatoms. The zero-order valence-electron chi connectivity index (χ0n) is 11.5. The zero-order valence-corrected chi connectivity index (χ0v) is 11.5. The quantitative estimate of drug-likeness (QED) is 0.872. The molecular weight excluding hydrogens is 224 g/mol. The minimum absolute atomic E-state index is 0.621. The van der Waals surface area contributed by atoms with E-state index < -0.39 is 0 Å². The van der Waals surface area contributed by atoms with Crippen molar-refractivity contribution in [3.8, 4) is 0 Å². The molecule has 0 radical (unpaired) electrons. The van der Waals surface area contributed by atoms with Gasteiger partial charge in [0.15, 0.2) is 0 Å². The van der Waals surface area contributed by atoms with Gasteiger partial charge in [0.05, 0.1) is 0 Å². The first kappa shape index (κ1) is 13.4. The number of aryl methyl sites for hydroxylation is 1. The minimum Gasteiger partial charge on any atom is -0.382 e. The van der Waals surface area contributed by atoms with Crippen molar-refractivity contribution in [3.05, 3.63) is 12.3 Å². The van der Waals surface area contributed by atoms with E-state index in [1.165, 1.54) is 45.3 Å². The Bertz CT molecular complexity index is 347. The third kappa shape index (κ3) is 4.02. The molecule has 102 valence electrons. The van der Waals surface area contributed by atoms with Crippen LogP contribution in [0.2, 0.25) is 0 Å². The van der Waals surface area contributed by atoms with Crippen molar-refractivity contribution in [1.82, 2.24) is 14.7 Å². The van der Waals surface area contributed by atoms with Crippen LogP contribution in [0.5, 0.6) is 0 Å². The molecule has 18 heavy (non-hydrogen) atoms. The molecule has 2 heterocycles. The lowest BCUT2D eigenvalue weighted by Crippen LogP contribution is -2.26. The van der Waals surface area contributed by atoms with Crippen LogP contribution in [0, 0.1) is 5.92 Å². The average Bonchev–Trinajstić information content (AvgIpc) is 2.65. The van der Waals surface area contributed by atoms with Crippen molar-refractivity contribution in [1.29, 1.82) is 0 Å². The van der Waals surface area contributed by atoms with Gasteiger partial charge in [0.25, 0.3) is 0 Å². The molecule has 1 unspecified atom stereocenters. The van der Waals surface area contributed by atoms with Gasteiger partial charge in [0, 0.05) is 12.7 Å². The maximum Gasteiger partial charge on any atom is 0.145 e. The molecule has 1 fully saturated rings. The molecule has 1 aliphatic heterocycles. The summed E-state index contributed by atoms with van der Waals surface area (Å²) >= 11 is 0. The maximum atomic E-state index is 5.60. The average molecular weight is 250 g/mol. The number of likely N-dealkylation sites (tertiary alicyclic amines) is 1. The van der Waals surface area contributed by atoms with E-state index in [2.05, 4.69) is 16.9 Å². The summed E-state index contributed by atoms with van der Waals surface area (Å²) in [6, 6.07) is 1.86. The molecule has 1 atom stereocenters. The Labute approximate surface area is 110 Å². The third-order valence-electron chi connectivity index (χ3n) is 4.04. The van der Waals surface area contributed by atoms with Gasteiger partial charge in [-0.1, -0.05) is 13.3 Å². The van der Waals surface area contributed by atoms with Gasteiger partial charge >= 0.3 is 0 Å². The lowest BCUT2D eigenvalue weighted by Gasteiger charge is -2.19. The number of nitrogen functional groups attached to an aromatic ring is 1. The summed E-state index contributed by atoms with van der Waals surface area (Å²) in [7, 11) is 0. The first-order chi connectivity index (χ1) is 8.78. The van der Waals surface area contributed by atoms with Crippen LogP contribution in [0.25, 0.3) is 0 Å². The normalized spacial score (nSPS) is 21.9. The van der Waals surface area contributed by atoms with Crippen LogP contribution in [-0.2, 0) is 6.54 Å². The summed E-state index contributed by atoms with van der Waals surface area (Å²) < 4.78 is 1.95. The Morgan fingerprint density at radius 3 is 2.94 bits per heavy atom. The Kier molecular flexibility index (Phi) is 5.05. The van der Waals surface area contributed by atoms with E-state index in [9.17, 15) is 0 Å². The summed E-state index contributed by atoms with van der Waals surface area (Å²) in [5.74, 6) is 1.58. The van der Waals surface area contributed by atoms with Crippen molar-refractivity contribution in [2.75, 3.05) is 25.4 Å². The summed E-state index contributed by atoms with van der Waals surface area (Å²) in [5, 5.41) is 4.21. The fourth-order valence-electron chi connectivity index (χ4n) is 2.81. The van der Waals surface area contributed by atoms with Gasteiger partial charge in [-0.05, 0) is 57.3 Å². The van der Waals surface area contributed by atoms with Gasteiger partial charge in [0.1, 0.15) is 5.82 Å². The Morgan fingerprint density at radius 2 is 2.22 bits per heavy atom. The Hall–Kier alpha value is -1.03. The summed E-state index contributed by atoms with van der Waals surface area (Å²) in [6.45, 7) is 7.04. The number of rotatable bonds is 5. The summed E-state index contributed by atoms with van der Waals surface area (Å²) in [4.78, 5) is 2.61. The van der Waals surface area contributed by atoms with Crippen molar-refractivity contribution in [2.24, 2.45) is 5.92 Å². The standard InChI is InChI=1S/C14H26N4/c1-2-13-5-3-8-17(11-6-13)9-4-10-18-12-7-14(15)16-18/h7,12-13H,2-6,8-11H2,1H3,(H2,15,16). The Balaban J connectivity index is 1.67. The minimum atomic E-state index is 0.621. The molecule has 0 saturated carbocycles. The molecule has 0 amide bonds. The van der Waals surface area contributed by atoms with Crippen LogP contribution in [0.4, 0.5) is 5.82 Å². The van der Waals surface area contributed by atoms with Crippen molar-refractivity contribution in [2.45, 2.75) is 45.6 Å². The fourth-order valence-corrected chi connectivity index (χ4v) is 2.81. The van der Waals surface area contributed by atoms with E-state index >= 15 is 0 Å². The molecule has 1 saturated heterocycles. The molecule has 0 aliphatic carbocycles. The lowest BCUT2D eigenvalue weighted by atomic mass is 9.98. The number of hydrogen-bond donors (Lipinski definition) is 1. The molecule has 0 spiro atoms. The van der Waals surface area contributed by atoms with Gasteiger partial charge < -0.3 is 10.6 Å². The van der Waals surface area contributed by atoms with Crippen molar-refractivity contribution in [3.63, 3.8) is 0 Å². The molecule has 0 aromatic carbocycles. The molecular formula is C14H26N4. The molecule has 4 nitrogen and oxygen atoms in total. The van der Waals surface area contributed by atoms with E-state index in [0.29, 0.717) is 5.82 Å². The van der Waals surface area contributed by atoms with Gasteiger partial charge in [-0.15, -0.1) is 0 Å². The largest absolute Gasteiger partial charge is 0.382 e. The molecule has 1 aliphatic rings.